The van der Waals surface area contributed by atoms with Gasteiger partial charge in [-0.15, -0.1) is 0 Å². The van der Waals surface area contributed by atoms with Crippen LogP contribution < -0.4 is 0 Å². The van der Waals surface area contributed by atoms with Gasteiger partial charge in [0, 0.05) is 0 Å². The molecule has 0 spiro atoms. The maximum absolute atomic E-state index is 2.38. The molecule has 0 saturated heterocycles. The van der Waals surface area contributed by atoms with Gasteiger partial charge in [0.2, 0.25) is 0 Å². The average molecular weight is 647 g/mol. The molecule has 10 rings (SSSR count). The smallest absolute Gasteiger partial charge is 0.00200 e. The van der Waals surface area contributed by atoms with E-state index in [0.717, 1.165) is 0 Å². The highest BCUT2D eigenvalue weighted by Crippen LogP contribution is 2.47. The Kier molecular flexibility index (Phi) is 6.82. The van der Waals surface area contributed by atoms with Crippen molar-refractivity contribution in [2.24, 2.45) is 0 Å². The molecule has 0 saturated carbocycles. The van der Waals surface area contributed by atoms with Crippen molar-refractivity contribution in [2.75, 3.05) is 0 Å². The van der Waals surface area contributed by atoms with E-state index in [1.807, 2.05) is 0 Å². The summed E-state index contributed by atoms with van der Waals surface area (Å²) < 4.78 is 0. The van der Waals surface area contributed by atoms with Crippen molar-refractivity contribution in [3.05, 3.63) is 194 Å². The molecule has 10 aromatic rings. The summed E-state index contributed by atoms with van der Waals surface area (Å²) in [5.41, 5.74) is 11.4. The lowest BCUT2D eigenvalue weighted by Crippen LogP contribution is -1.93. The van der Waals surface area contributed by atoms with Crippen LogP contribution in [0.4, 0.5) is 0 Å². The van der Waals surface area contributed by atoms with Gasteiger partial charge in [-0.05, 0) is 105 Å². The van der Waals surface area contributed by atoms with Crippen LogP contribution >= 0.6 is 0 Å². The van der Waals surface area contributed by atoms with Crippen molar-refractivity contribution >= 4 is 53.9 Å². The minimum Gasteiger partial charge on any atom is -0.0622 e. The van der Waals surface area contributed by atoms with Crippen LogP contribution in [0.15, 0.2) is 188 Å². The van der Waals surface area contributed by atoms with Crippen LogP contribution in [0.5, 0.6) is 0 Å². The predicted octanol–water partition coefficient (Wildman–Crippen LogP) is 14.4. The molecule has 0 heterocycles. The summed E-state index contributed by atoms with van der Waals surface area (Å²) in [7, 11) is 0. The lowest BCUT2D eigenvalue weighted by atomic mass is 9.83. The molecule has 0 nitrogen and oxygen atoms in total. The molecule has 0 atom stereocenters. The van der Waals surface area contributed by atoms with Crippen LogP contribution in [0, 0.1) is 6.92 Å². The van der Waals surface area contributed by atoms with Crippen LogP contribution in [0.1, 0.15) is 5.56 Å². The van der Waals surface area contributed by atoms with Gasteiger partial charge in [0.15, 0.2) is 0 Å². The zero-order chi connectivity index (χ0) is 33.9. The van der Waals surface area contributed by atoms with Gasteiger partial charge in [-0.25, -0.2) is 0 Å². The monoisotopic (exact) mass is 646 g/mol. The lowest BCUT2D eigenvalue weighted by molar-refractivity contribution is 1.51. The van der Waals surface area contributed by atoms with Crippen molar-refractivity contribution in [1.29, 1.82) is 0 Å². The topological polar surface area (TPSA) is 0 Å². The van der Waals surface area contributed by atoms with E-state index in [1.165, 1.54) is 104 Å². The van der Waals surface area contributed by atoms with Crippen molar-refractivity contribution in [1.82, 2.24) is 0 Å². The summed E-state index contributed by atoms with van der Waals surface area (Å²) in [6, 6.07) is 69.3. The number of hydrogen-bond donors (Lipinski definition) is 0. The van der Waals surface area contributed by atoms with E-state index in [-0.39, 0.29) is 0 Å². The minimum atomic E-state index is 1.22. The second kappa shape index (κ2) is 11.8. The fourth-order valence-corrected chi connectivity index (χ4v) is 8.50. The Morgan fingerprint density at radius 2 is 0.647 bits per heavy atom. The Labute approximate surface area is 297 Å². The highest BCUT2D eigenvalue weighted by Gasteiger charge is 2.20. The molecule has 51 heavy (non-hydrogen) atoms. The Morgan fingerprint density at radius 1 is 0.255 bits per heavy atom. The van der Waals surface area contributed by atoms with Crippen LogP contribution in [-0.4, -0.2) is 0 Å². The second-order valence-electron chi connectivity index (χ2n) is 13.7. The van der Waals surface area contributed by atoms with E-state index in [1.54, 1.807) is 0 Å². The summed E-state index contributed by atoms with van der Waals surface area (Å²) in [5, 5.41) is 12.8. The first kappa shape index (κ1) is 29.4. The van der Waals surface area contributed by atoms with Gasteiger partial charge in [-0.3, -0.25) is 0 Å². The quantitative estimate of drug-likeness (QED) is 0.167. The number of benzene rings is 10. The van der Waals surface area contributed by atoms with Crippen LogP contribution in [0.3, 0.4) is 0 Å². The molecule has 0 aliphatic heterocycles. The molecular formula is C51H34. The van der Waals surface area contributed by atoms with E-state index < -0.39 is 0 Å². The van der Waals surface area contributed by atoms with Gasteiger partial charge in [0.1, 0.15) is 0 Å². The van der Waals surface area contributed by atoms with E-state index in [9.17, 15) is 0 Å². The summed E-state index contributed by atoms with van der Waals surface area (Å²) in [5.74, 6) is 0. The molecule has 10 aromatic carbocycles. The maximum atomic E-state index is 2.38. The minimum absolute atomic E-state index is 1.22. The van der Waals surface area contributed by atoms with E-state index in [2.05, 4.69) is 195 Å². The molecule has 0 radical (unpaired) electrons. The first-order chi connectivity index (χ1) is 25.2. The van der Waals surface area contributed by atoms with E-state index >= 15 is 0 Å². The first-order valence-electron chi connectivity index (χ1n) is 17.8. The van der Waals surface area contributed by atoms with Crippen LogP contribution in [0.25, 0.3) is 98.4 Å². The van der Waals surface area contributed by atoms with Crippen LogP contribution in [-0.2, 0) is 0 Å². The van der Waals surface area contributed by atoms with Gasteiger partial charge < -0.3 is 0 Å². The molecule has 0 bridgehead atoms. The molecule has 0 aromatic heterocycles. The summed E-state index contributed by atoms with van der Waals surface area (Å²) in [6.45, 7) is 2.20. The normalized spacial score (nSPS) is 11.6. The van der Waals surface area contributed by atoms with E-state index in [0.29, 0.717) is 0 Å². The Hall–Kier alpha value is -6.50. The predicted molar refractivity (Wildman–Crippen MR) is 220 cm³/mol. The molecule has 0 amide bonds. The molecular weight excluding hydrogens is 613 g/mol. The highest BCUT2D eigenvalue weighted by molar-refractivity contribution is 6.24. The summed E-state index contributed by atoms with van der Waals surface area (Å²) >= 11 is 0. The van der Waals surface area contributed by atoms with Gasteiger partial charge in [0.25, 0.3) is 0 Å². The van der Waals surface area contributed by atoms with Crippen molar-refractivity contribution < 1.29 is 0 Å². The van der Waals surface area contributed by atoms with Gasteiger partial charge in [0.05, 0.1) is 0 Å². The highest BCUT2D eigenvalue weighted by atomic mass is 14.2. The number of aryl methyl sites for hydroxylation is 1. The largest absolute Gasteiger partial charge is 0.0622 e. The summed E-state index contributed by atoms with van der Waals surface area (Å²) in [4.78, 5) is 0. The SMILES string of the molecule is Cc1ccc2c(-c3ccc(-c4c5ccccc5c(-c5ccccc5)c5ccccc45)cc3)c3ccccc3c(-c3cccc4ccccc34)c2c1. The Morgan fingerprint density at radius 3 is 1.18 bits per heavy atom. The standard InChI is InChI=1S/C51H34/c1-33-26-31-46-47(32-33)51(39-25-13-17-34-14-5-6-18-38(34)39)45-24-12-11-23-44(45)50(46)37-29-27-36(28-30-37)49-42-21-9-7-19-40(42)48(35-15-3-2-4-16-35)41-20-8-10-22-43(41)49/h2-32H,1H3. The fourth-order valence-electron chi connectivity index (χ4n) is 8.50. The molecule has 0 aliphatic rings. The fraction of sp³-hybridized carbons (Fsp3) is 0.0196. The number of hydrogen-bond acceptors (Lipinski definition) is 0. The second-order valence-corrected chi connectivity index (χ2v) is 13.7. The zero-order valence-electron chi connectivity index (χ0n) is 28.4. The maximum Gasteiger partial charge on any atom is -0.00200 e. The van der Waals surface area contributed by atoms with Gasteiger partial charge in [-0.1, -0.05) is 194 Å². The molecule has 0 fully saturated rings. The van der Waals surface area contributed by atoms with E-state index in [4.69, 9.17) is 0 Å². The zero-order valence-corrected chi connectivity index (χ0v) is 28.4. The van der Waals surface area contributed by atoms with Gasteiger partial charge >= 0.3 is 0 Å². The molecule has 0 heteroatoms. The molecule has 0 aliphatic carbocycles. The molecule has 0 unspecified atom stereocenters. The van der Waals surface area contributed by atoms with Crippen LogP contribution in [0.2, 0.25) is 0 Å². The third-order valence-corrected chi connectivity index (χ3v) is 10.7. The van der Waals surface area contributed by atoms with Crippen molar-refractivity contribution in [3.8, 4) is 44.5 Å². The third-order valence-electron chi connectivity index (χ3n) is 10.7. The molecule has 0 N–H and O–H groups in total. The summed E-state index contributed by atoms with van der Waals surface area (Å²) in [6.07, 6.45) is 0. The van der Waals surface area contributed by atoms with Gasteiger partial charge in [-0.2, -0.15) is 0 Å². The Balaban J connectivity index is 1.22. The third kappa shape index (κ3) is 4.68. The Bertz CT molecular complexity index is 2890. The first-order valence-corrected chi connectivity index (χ1v) is 17.8. The van der Waals surface area contributed by atoms with Crippen molar-refractivity contribution in [2.45, 2.75) is 6.92 Å². The molecule has 238 valence electrons. The average Bonchev–Trinajstić information content (AvgIpc) is 3.19. The number of rotatable bonds is 4. The number of fused-ring (bicyclic) bond motifs is 5. The lowest BCUT2D eigenvalue weighted by Gasteiger charge is -2.20. The van der Waals surface area contributed by atoms with Crippen molar-refractivity contribution in [3.63, 3.8) is 0 Å².